The smallest absolute Gasteiger partial charge is 0.100 e. The highest BCUT2D eigenvalue weighted by atomic mass is 15.2. The standard InChI is InChI=1S/C30H45N5/c1-9-11-21(5)13-15-25(12-10-2)35-26(17-18-31)29(20(3)4)23(7)32-28-19-22(6)14-16-27-30(28)34-24(8)33-27/h12-22,29,31-35H,7-11H2,1-6H3/b15-13-,25-12+,26-17-,31-18?. The van der Waals surface area contributed by atoms with Crippen molar-refractivity contribution in [2.24, 2.45) is 23.7 Å². The maximum absolute atomic E-state index is 7.82. The number of nitrogens with one attached hydrogen (secondary N) is 5. The molecule has 0 saturated heterocycles. The second-order valence-electron chi connectivity index (χ2n) is 9.79. The highest BCUT2D eigenvalue weighted by molar-refractivity contribution is 5.69. The summed E-state index contributed by atoms with van der Waals surface area (Å²) in [6, 6.07) is 0. The Kier molecular flexibility index (Phi) is 10.9. The van der Waals surface area contributed by atoms with Gasteiger partial charge in [0.25, 0.3) is 0 Å². The van der Waals surface area contributed by atoms with Crippen molar-refractivity contribution in [3.63, 3.8) is 0 Å². The molecule has 0 spiro atoms. The zero-order valence-electron chi connectivity index (χ0n) is 22.5. The minimum atomic E-state index is -0.0210. The Hall–Kier alpha value is -3.21. The SMILES string of the molecule is C=C1NC2=C(N1)C(NC(=C)C(/C(=C/C=N)NC(/C=C\C(C)CCC)=C/CC)C(C)C)=CC(C)C=C2. The van der Waals surface area contributed by atoms with Crippen molar-refractivity contribution < 1.29 is 0 Å². The van der Waals surface area contributed by atoms with E-state index in [0.29, 0.717) is 5.92 Å². The Balaban J connectivity index is 2.31. The lowest BCUT2D eigenvalue weighted by Crippen LogP contribution is -2.31. The minimum absolute atomic E-state index is 0.0210. The van der Waals surface area contributed by atoms with Gasteiger partial charge in [0.2, 0.25) is 0 Å². The number of hydrogen-bond donors (Lipinski definition) is 5. The van der Waals surface area contributed by atoms with E-state index in [9.17, 15) is 0 Å². The van der Waals surface area contributed by atoms with Crippen molar-refractivity contribution in [2.75, 3.05) is 0 Å². The first-order chi connectivity index (χ1) is 16.7. The predicted molar refractivity (Wildman–Crippen MR) is 151 cm³/mol. The Morgan fingerprint density at radius 1 is 1.23 bits per heavy atom. The predicted octanol–water partition coefficient (Wildman–Crippen LogP) is 6.74. The van der Waals surface area contributed by atoms with E-state index < -0.39 is 0 Å². The molecule has 5 N–H and O–H groups in total. The van der Waals surface area contributed by atoms with Gasteiger partial charge in [0.15, 0.2) is 0 Å². The molecule has 5 nitrogen and oxygen atoms in total. The molecule has 1 aliphatic heterocycles. The Bertz CT molecular complexity index is 971. The first kappa shape index (κ1) is 28.0. The van der Waals surface area contributed by atoms with Gasteiger partial charge < -0.3 is 26.7 Å². The topological polar surface area (TPSA) is 72.0 Å². The lowest BCUT2D eigenvalue weighted by Gasteiger charge is -2.29. The molecule has 1 heterocycles. The van der Waals surface area contributed by atoms with Crippen molar-refractivity contribution in [3.05, 3.63) is 95.7 Å². The second kappa shape index (κ2) is 13.6. The van der Waals surface area contributed by atoms with Gasteiger partial charge in [-0.3, -0.25) is 0 Å². The van der Waals surface area contributed by atoms with Crippen LogP contribution in [0, 0.1) is 29.1 Å². The molecule has 35 heavy (non-hydrogen) atoms. The van der Waals surface area contributed by atoms with Gasteiger partial charge >= 0.3 is 0 Å². The number of rotatable bonds is 13. The average molecular weight is 476 g/mol. The van der Waals surface area contributed by atoms with Crippen LogP contribution < -0.4 is 21.3 Å². The van der Waals surface area contributed by atoms with Crippen molar-refractivity contribution in [1.82, 2.24) is 21.3 Å². The third-order valence-electron chi connectivity index (χ3n) is 6.09. The summed E-state index contributed by atoms with van der Waals surface area (Å²) in [6.07, 6.45) is 19.5. The van der Waals surface area contributed by atoms with Crippen LogP contribution in [0.25, 0.3) is 0 Å². The Morgan fingerprint density at radius 2 is 1.97 bits per heavy atom. The molecule has 190 valence electrons. The third-order valence-corrected chi connectivity index (χ3v) is 6.09. The Labute approximate surface area is 213 Å². The first-order valence-electron chi connectivity index (χ1n) is 12.9. The Morgan fingerprint density at radius 3 is 2.60 bits per heavy atom. The monoisotopic (exact) mass is 475 g/mol. The summed E-state index contributed by atoms with van der Waals surface area (Å²) in [5.74, 6) is 1.80. The normalized spacial score (nSPS) is 20.1. The van der Waals surface area contributed by atoms with Crippen molar-refractivity contribution in [3.8, 4) is 0 Å². The summed E-state index contributed by atoms with van der Waals surface area (Å²) in [6.45, 7) is 21.6. The van der Waals surface area contributed by atoms with Crippen LogP contribution in [0.1, 0.15) is 60.8 Å². The summed E-state index contributed by atoms with van der Waals surface area (Å²) in [5.41, 5.74) is 5.84. The van der Waals surface area contributed by atoms with Crippen LogP contribution in [-0.4, -0.2) is 6.21 Å². The number of hydrogen-bond acceptors (Lipinski definition) is 5. The zero-order chi connectivity index (χ0) is 26.0. The van der Waals surface area contributed by atoms with Crippen LogP contribution in [0.2, 0.25) is 0 Å². The maximum atomic E-state index is 7.82. The molecule has 3 atom stereocenters. The van der Waals surface area contributed by atoms with Crippen LogP contribution in [0.4, 0.5) is 0 Å². The molecule has 2 aliphatic rings. The molecule has 0 fully saturated rings. The fourth-order valence-electron chi connectivity index (χ4n) is 4.45. The fraction of sp³-hybridized carbons (Fsp3) is 0.433. The van der Waals surface area contributed by atoms with Crippen LogP contribution in [0.3, 0.4) is 0 Å². The van der Waals surface area contributed by atoms with Gasteiger partial charge in [-0.1, -0.05) is 85.4 Å². The van der Waals surface area contributed by atoms with E-state index in [1.54, 1.807) is 0 Å². The van der Waals surface area contributed by atoms with E-state index in [-0.39, 0.29) is 17.8 Å². The molecule has 0 radical (unpaired) electrons. The van der Waals surface area contributed by atoms with Gasteiger partial charge in [-0.05, 0) is 48.8 Å². The highest BCUT2D eigenvalue weighted by Crippen LogP contribution is 2.29. The summed E-state index contributed by atoms with van der Waals surface area (Å²) in [5, 5.41) is 21.7. The van der Waals surface area contributed by atoms with Gasteiger partial charge in [-0.2, -0.15) is 0 Å². The van der Waals surface area contributed by atoms with Gasteiger partial charge in [-0.25, -0.2) is 0 Å². The van der Waals surface area contributed by atoms with E-state index in [1.165, 1.54) is 19.1 Å². The summed E-state index contributed by atoms with van der Waals surface area (Å²) >= 11 is 0. The quantitative estimate of drug-likeness (QED) is 0.151. The van der Waals surface area contributed by atoms with E-state index >= 15 is 0 Å². The zero-order valence-corrected chi connectivity index (χ0v) is 22.5. The molecule has 0 bridgehead atoms. The maximum Gasteiger partial charge on any atom is 0.100 e. The molecule has 0 aromatic carbocycles. The molecular formula is C30H45N5. The summed E-state index contributed by atoms with van der Waals surface area (Å²) < 4.78 is 0. The van der Waals surface area contributed by atoms with Gasteiger partial charge in [0.05, 0.1) is 17.1 Å². The summed E-state index contributed by atoms with van der Waals surface area (Å²) in [7, 11) is 0. The first-order valence-corrected chi connectivity index (χ1v) is 12.9. The van der Waals surface area contributed by atoms with E-state index in [1.807, 2.05) is 6.08 Å². The molecule has 2 rings (SSSR count). The average Bonchev–Trinajstić information content (AvgIpc) is 3.10. The highest BCUT2D eigenvalue weighted by Gasteiger charge is 2.26. The van der Waals surface area contributed by atoms with Gasteiger partial charge in [0, 0.05) is 29.2 Å². The van der Waals surface area contributed by atoms with Crippen LogP contribution in [0.15, 0.2) is 95.7 Å². The van der Waals surface area contributed by atoms with Crippen molar-refractivity contribution in [1.29, 1.82) is 5.41 Å². The molecule has 0 amide bonds. The molecular weight excluding hydrogens is 430 g/mol. The van der Waals surface area contributed by atoms with E-state index in [2.05, 4.69) is 112 Å². The van der Waals surface area contributed by atoms with Crippen LogP contribution >= 0.6 is 0 Å². The molecule has 5 heteroatoms. The van der Waals surface area contributed by atoms with Crippen LogP contribution in [-0.2, 0) is 0 Å². The molecule has 1 aliphatic carbocycles. The minimum Gasteiger partial charge on any atom is -0.359 e. The van der Waals surface area contributed by atoms with Crippen LogP contribution in [0.5, 0.6) is 0 Å². The molecule has 3 unspecified atom stereocenters. The fourth-order valence-corrected chi connectivity index (χ4v) is 4.45. The largest absolute Gasteiger partial charge is 0.359 e. The lowest BCUT2D eigenvalue weighted by atomic mass is 9.88. The molecule has 0 saturated carbocycles. The van der Waals surface area contributed by atoms with E-state index in [4.69, 9.17) is 5.41 Å². The lowest BCUT2D eigenvalue weighted by molar-refractivity contribution is 0.467. The number of allylic oxidation sites excluding steroid dienone is 7. The molecule has 0 aromatic heterocycles. The van der Waals surface area contributed by atoms with Crippen molar-refractivity contribution >= 4 is 6.21 Å². The molecule has 0 aromatic rings. The summed E-state index contributed by atoms with van der Waals surface area (Å²) in [4.78, 5) is 0. The van der Waals surface area contributed by atoms with Gasteiger partial charge in [0.1, 0.15) is 5.82 Å². The third kappa shape index (κ3) is 8.20. The second-order valence-corrected chi connectivity index (χ2v) is 9.79. The van der Waals surface area contributed by atoms with Crippen molar-refractivity contribution in [2.45, 2.75) is 60.8 Å². The van der Waals surface area contributed by atoms with E-state index in [0.717, 1.165) is 46.4 Å². The van der Waals surface area contributed by atoms with Gasteiger partial charge in [-0.15, -0.1) is 0 Å².